The van der Waals surface area contributed by atoms with E-state index in [1.54, 1.807) is 0 Å². The van der Waals surface area contributed by atoms with Gasteiger partial charge in [-0.25, -0.2) is 4.39 Å². The first-order valence-corrected chi connectivity index (χ1v) is 6.62. The van der Waals surface area contributed by atoms with Gasteiger partial charge in [-0.2, -0.15) is 0 Å². The Bertz CT molecular complexity index is 457. The minimum Gasteiger partial charge on any atom is -0.481 e. The van der Waals surface area contributed by atoms with Crippen LogP contribution >= 0.6 is 0 Å². The molecule has 0 saturated heterocycles. The van der Waals surface area contributed by atoms with E-state index in [2.05, 4.69) is 5.32 Å². The van der Waals surface area contributed by atoms with Gasteiger partial charge in [-0.05, 0) is 30.0 Å². The van der Waals surface area contributed by atoms with Gasteiger partial charge < -0.3 is 10.4 Å². The third-order valence-electron chi connectivity index (χ3n) is 2.93. The number of hydrogen-bond acceptors (Lipinski definition) is 2. The summed E-state index contributed by atoms with van der Waals surface area (Å²) in [4.78, 5) is 22.8. The van der Waals surface area contributed by atoms with Crippen LogP contribution in [0.1, 0.15) is 25.8 Å². The number of hydrogen-bond donors (Lipinski definition) is 2. The highest BCUT2D eigenvalue weighted by molar-refractivity contribution is 5.79. The number of nitrogens with one attached hydrogen (secondary N) is 1. The molecule has 0 aliphatic carbocycles. The molecule has 1 amide bonds. The lowest BCUT2D eigenvalue weighted by atomic mass is 9.97. The fourth-order valence-corrected chi connectivity index (χ4v) is 1.93. The van der Waals surface area contributed by atoms with Crippen LogP contribution in [0.15, 0.2) is 24.3 Å². The van der Waals surface area contributed by atoms with E-state index in [4.69, 9.17) is 5.11 Å². The summed E-state index contributed by atoms with van der Waals surface area (Å²) in [6.07, 6.45) is 0.639. The average molecular weight is 281 g/mol. The Morgan fingerprint density at radius 1 is 1.25 bits per heavy atom. The van der Waals surface area contributed by atoms with Crippen LogP contribution in [0.5, 0.6) is 0 Å². The zero-order valence-electron chi connectivity index (χ0n) is 11.7. The Balaban J connectivity index is 2.45. The standard InChI is InChI=1S/C15H20FNO3/c1-10(2)7-12(15(19)20)9-17-14(18)8-11-3-5-13(16)6-4-11/h3-6,10,12H,7-9H2,1-2H3,(H,17,18)(H,19,20)/t12-/m1/s1. The Morgan fingerprint density at radius 2 is 1.85 bits per heavy atom. The molecule has 0 heterocycles. The zero-order valence-corrected chi connectivity index (χ0v) is 11.7. The van der Waals surface area contributed by atoms with Crippen molar-refractivity contribution in [3.63, 3.8) is 0 Å². The molecule has 1 aromatic rings. The molecule has 0 fully saturated rings. The number of halogens is 1. The van der Waals surface area contributed by atoms with E-state index in [0.29, 0.717) is 12.0 Å². The van der Waals surface area contributed by atoms with E-state index >= 15 is 0 Å². The summed E-state index contributed by atoms with van der Waals surface area (Å²) in [7, 11) is 0. The molecule has 20 heavy (non-hydrogen) atoms. The van der Waals surface area contributed by atoms with Crippen molar-refractivity contribution >= 4 is 11.9 Å². The predicted octanol–water partition coefficient (Wildman–Crippen LogP) is 2.23. The lowest BCUT2D eigenvalue weighted by Crippen LogP contribution is -2.34. The van der Waals surface area contributed by atoms with Gasteiger partial charge in [0.15, 0.2) is 0 Å². The van der Waals surface area contributed by atoms with E-state index in [1.807, 2.05) is 13.8 Å². The van der Waals surface area contributed by atoms with Crippen molar-refractivity contribution in [2.75, 3.05) is 6.54 Å². The van der Waals surface area contributed by atoms with E-state index in [1.165, 1.54) is 24.3 Å². The lowest BCUT2D eigenvalue weighted by Gasteiger charge is -2.15. The molecule has 0 aliphatic heterocycles. The lowest BCUT2D eigenvalue weighted by molar-refractivity contribution is -0.142. The van der Waals surface area contributed by atoms with Gasteiger partial charge in [-0.1, -0.05) is 26.0 Å². The quantitative estimate of drug-likeness (QED) is 0.805. The van der Waals surface area contributed by atoms with Gasteiger partial charge in [-0.15, -0.1) is 0 Å². The molecule has 2 N–H and O–H groups in total. The molecule has 1 aromatic carbocycles. The average Bonchev–Trinajstić information content (AvgIpc) is 2.36. The minimum atomic E-state index is -0.902. The smallest absolute Gasteiger partial charge is 0.308 e. The van der Waals surface area contributed by atoms with E-state index in [0.717, 1.165) is 0 Å². The first-order valence-electron chi connectivity index (χ1n) is 6.62. The Hall–Kier alpha value is -1.91. The van der Waals surface area contributed by atoms with Gasteiger partial charge in [0.05, 0.1) is 12.3 Å². The fraction of sp³-hybridized carbons (Fsp3) is 0.467. The summed E-state index contributed by atoms with van der Waals surface area (Å²) in [5, 5.41) is 11.7. The second-order valence-corrected chi connectivity index (χ2v) is 5.27. The minimum absolute atomic E-state index is 0.119. The summed E-state index contributed by atoms with van der Waals surface area (Å²) < 4.78 is 12.7. The molecule has 0 radical (unpaired) electrons. The number of carboxylic acids is 1. The van der Waals surface area contributed by atoms with Gasteiger partial charge in [0.1, 0.15) is 5.82 Å². The number of rotatable bonds is 7. The summed E-state index contributed by atoms with van der Waals surface area (Å²) in [5.74, 6) is -1.83. The van der Waals surface area contributed by atoms with Crippen LogP contribution in [-0.4, -0.2) is 23.5 Å². The summed E-state index contributed by atoms with van der Waals surface area (Å²) >= 11 is 0. The molecule has 5 heteroatoms. The third kappa shape index (κ3) is 5.82. The number of aliphatic carboxylic acids is 1. The van der Waals surface area contributed by atoms with Crippen molar-refractivity contribution in [2.45, 2.75) is 26.7 Å². The molecule has 1 rings (SSSR count). The molecule has 1 atom stereocenters. The molecule has 0 aromatic heterocycles. The zero-order chi connectivity index (χ0) is 15.1. The summed E-state index contributed by atoms with van der Waals surface area (Å²) in [5.41, 5.74) is 0.694. The number of carbonyl (C=O) groups excluding carboxylic acids is 1. The topological polar surface area (TPSA) is 66.4 Å². The van der Waals surface area contributed by atoms with Crippen LogP contribution in [0.2, 0.25) is 0 Å². The SMILES string of the molecule is CC(C)C[C@H](CNC(=O)Cc1ccc(F)cc1)C(=O)O. The fourth-order valence-electron chi connectivity index (χ4n) is 1.93. The maximum atomic E-state index is 12.7. The summed E-state index contributed by atoms with van der Waals surface area (Å²) in [6, 6.07) is 5.66. The largest absolute Gasteiger partial charge is 0.481 e. The van der Waals surface area contributed by atoms with Crippen LogP contribution in [0.4, 0.5) is 4.39 Å². The second kappa shape index (κ2) is 7.62. The third-order valence-corrected chi connectivity index (χ3v) is 2.93. The van der Waals surface area contributed by atoms with Crippen LogP contribution in [0, 0.1) is 17.7 Å². The van der Waals surface area contributed by atoms with E-state index in [-0.39, 0.29) is 30.6 Å². The van der Waals surface area contributed by atoms with Crippen molar-refractivity contribution in [3.8, 4) is 0 Å². The Kier molecular flexibility index (Phi) is 6.15. The molecule has 0 bridgehead atoms. The van der Waals surface area contributed by atoms with E-state index < -0.39 is 11.9 Å². The molecule has 4 nitrogen and oxygen atoms in total. The highest BCUT2D eigenvalue weighted by Crippen LogP contribution is 2.11. The number of carboxylic acid groups (broad SMARTS) is 1. The molecule has 0 unspecified atom stereocenters. The van der Waals surface area contributed by atoms with Gasteiger partial charge >= 0.3 is 5.97 Å². The maximum absolute atomic E-state index is 12.7. The first kappa shape index (κ1) is 16.1. The highest BCUT2D eigenvalue weighted by Gasteiger charge is 2.19. The highest BCUT2D eigenvalue weighted by atomic mass is 19.1. The van der Waals surface area contributed by atoms with Gasteiger partial charge in [0.2, 0.25) is 5.91 Å². The van der Waals surface area contributed by atoms with Crippen LogP contribution in [0.25, 0.3) is 0 Å². The Morgan fingerprint density at radius 3 is 2.35 bits per heavy atom. The van der Waals surface area contributed by atoms with Crippen LogP contribution < -0.4 is 5.32 Å². The molecule has 0 saturated carbocycles. The van der Waals surface area contributed by atoms with Crippen molar-refractivity contribution in [3.05, 3.63) is 35.6 Å². The van der Waals surface area contributed by atoms with Gasteiger partial charge in [0.25, 0.3) is 0 Å². The van der Waals surface area contributed by atoms with Gasteiger partial charge in [-0.3, -0.25) is 9.59 Å². The molecular weight excluding hydrogens is 261 g/mol. The summed E-state index contributed by atoms with van der Waals surface area (Å²) in [6.45, 7) is 4.00. The van der Waals surface area contributed by atoms with E-state index in [9.17, 15) is 14.0 Å². The monoisotopic (exact) mass is 281 g/mol. The number of benzene rings is 1. The Labute approximate surface area is 118 Å². The van der Waals surface area contributed by atoms with Gasteiger partial charge in [0, 0.05) is 6.54 Å². The van der Waals surface area contributed by atoms with Crippen molar-refractivity contribution in [1.82, 2.24) is 5.32 Å². The normalized spacial score (nSPS) is 12.2. The molecule has 0 aliphatic rings. The second-order valence-electron chi connectivity index (χ2n) is 5.27. The molecular formula is C15H20FNO3. The maximum Gasteiger partial charge on any atom is 0.308 e. The van der Waals surface area contributed by atoms with Crippen LogP contribution in [-0.2, 0) is 16.0 Å². The first-order chi connectivity index (χ1) is 9.38. The molecule has 0 spiro atoms. The van der Waals surface area contributed by atoms with Crippen molar-refractivity contribution in [2.24, 2.45) is 11.8 Å². The van der Waals surface area contributed by atoms with Crippen LogP contribution in [0.3, 0.4) is 0 Å². The number of amides is 1. The van der Waals surface area contributed by atoms with Crippen molar-refractivity contribution in [1.29, 1.82) is 0 Å². The predicted molar refractivity (Wildman–Crippen MR) is 73.7 cm³/mol. The number of carbonyl (C=O) groups is 2. The molecule has 110 valence electrons. The van der Waals surface area contributed by atoms with Crippen molar-refractivity contribution < 1.29 is 19.1 Å².